The van der Waals surface area contributed by atoms with Gasteiger partial charge in [-0.3, -0.25) is 4.52 Å². The van der Waals surface area contributed by atoms with E-state index in [0.717, 1.165) is 16.4 Å². The number of rotatable bonds is 11. The van der Waals surface area contributed by atoms with Crippen LogP contribution in [0.3, 0.4) is 0 Å². The molecule has 4 aromatic rings. The highest BCUT2D eigenvalue weighted by Gasteiger charge is 2.35. The first-order valence-electron chi connectivity index (χ1n) is 13.0. The Morgan fingerprint density at radius 2 is 1.79 bits per heavy atom. The first-order chi connectivity index (χ1) is 18.4. The topological polar surface area (TPSA) is 114 Å². The molecule has 39 heavy (non-hydrogen) atoms. The summed E-state index contributed by atoms with van der Waals surface area (Å²) >= 11 is 6.04. The fraction of sp³-hybridized carbons (Fsp3) is 0.429. The number of nitrogens with two attached hydrogens (primary N) is 1. The van der Waals surface area contributed by atoms with Crippen molar-refractivity contribution >= 4 is 47.1 Å². The summed E-state index contributed by atoms with van der Waals surface area (Å²) in [6, 6.07) is 14.3. The highest BCUT2D eigenvalue weighted by atomic mass is 35.5. The summed E-state index contributed by atoms with van der Waals surface area (Å²) < 4.78 is 34.1. The van der Waals surface area contributed by atoms with Gasteiger partial charge < -0.3 is 19.6 Å². The highest BCUT2D eigenvalue weighted by Crippen LogP contribution is 2.48. The second-order valence-corrected chi connectivity index (χ2v) is 12.7. The van der Waals surface area contributed by atoms with E-state index >= 15 is 0 Å². The molecule has 0 fully saturated rings. The zero-order valence-electron chi connectivity index (χ0n) is 23.3. The number of fused-ring (bicyclic) bond motifs is 3. The molecule has 2 aromatic carbocycles. The van der Waals surface area contributed by atoms with E-state index in [4.69, 9.17) is 36.1 Å². The number of imidazole rings is 1. The molecule has 0 spiro atoms. The number of nitrogens with zero attached hydrogens (tertiary/aromatic N) is 3. The molecule has 3 atom stereocenters. The van der Waals surface area contributed by atoms with Crippen LogP contribution >= 0.6 is 19.3 Å². The standard InChI is InChI=1S/C28H37ClN5O4P/c1-7-36-17-24-32-25-26(22-10-8-9-11-23(22)31-27(25)30)34(24)16-18(2)37-39(35,33-19(3)28(4,5)6)38-21-14-12-20(29)13-15-21/h8-15,18-19H,7,16-17H2,1-6H3,(H2,30,31)(H,33,35)/t18-,19+,39?/m1/s1. The van der Waals surface area contributed by atoms with Crippen LogP contribution in [0.4, 0.5) is 5.82 Å². The van der Waals surface area contributed by atoms with Crippen molar-refractivity contribution in [1.29, 1.82) is 0 Å². The molecule has 2 heterocycles. The zero-order chi connectivity index (χ0) is 28.4. The molecule has 0 bridgehead atoms. The number of nitrogens with one attached hydrogen (secondary N) is 1. The van der Waals surface area contributed by atoms with Crippen LogP contribution in [0.5, 0.6) is 5.75 Å². The number of hydrogen-bond donors (Lipinski definition) is 2. The molecule has 0 saturated carbocycles. The van der Waals surface area contributed by atoms with E-state index in [-0.39, 0.29) is 18.1 Å². The fourth-order valence-corrected chi connectivity index (χ4v) is 6.16. The molecule has 0 radical (unpaired) electrons. The lowest BCUT2D eigenvalue weighted by molar-refractivity contribution is 0.121. The lowest BCUT2D eigenvalue weighted by Crippen LogP contribution is -2.38. The molecule has 210 valence electrons. The highest BCUT2D eigenvalue weighted by molar-refractivity contribution is 7.52. The van der Waals surface area contributed by atoms with Crippen LogP contribution in [0, 0.1) is 5.41 Å². The number of nitrogen functional groups attached to an aromatic ring is 1. The van der Waals surface area contributed by atoms with E-state index in [0.29, 0.717) is 41.1 Å². The van der Waals surface area contributed by atoms with Crippen LogP contribution in [0.1, 0.15) is 47.4 Å². The van der Waals surface area contributed by atoms with Crippen molar-refractivity contribution in [3.8, 4) is 5.75 Å². The summed E-state index contributed by atoms with van der Waals surface area (Å²) in [4.78, 5) is 9.30. The smallest absolute Gasteiger partial charge is 0.413 e. The van der Waals surface area contributed by atoms with Gasteiger partial charge >= 0.3 is 7.75 Å². The van der Waals surface area contributed by atoms with Crippen LogP contribution in [-0.2, 0) is 27.0 Å². The van der Waals surface area contributed by atoms with Gasteiger partial charge in [0, 0.05) is 23.1 Å². The SMILES string of the molecule is CCOCc1nc2c(N)nc3ccccc3c2n1C[C@@H](C)OP(=O)(N[C@@H](C)C(C)(C)C)Oc1ccc(Cl)cc1. The Morgan fingerprint density at radius 3 is 2.46 bits per heavy atom. The molecule has 0 aliphatic carbocycles. The number of aromatic nitrogens is 3. The Hall–Kier alpha value is -2.68. The molecule has 0 amide bonds. The number of benzene rings is 2. The summed E-state index contributed by atoms with van der Waals surface area (Å²) in [5.41, 5.74) is 8.30. The van der Waals surface area contributed by atoms with E-state index < -0.39 is 13.9 Å². The number of halogens is 1. The molecule has 0 aliphatic heterocycles. The number of pyridine rings is 1. The maximum atomic E-state index is 14.2. The van der Waals surface area contributed by atoms with Crippen molar-refractivity contribution < 1.29 is 18.3 Å². The Labute approximate surface area is 234 Å². The van der Waals surface area contributed by atoms with Gasteiger partial charge in [0.15, 0.2) is 5.82 Å². The molecular weight excluding hydrogens is 537 g/mol. The third-order valence-corrected chi connectivity index (χ3v) is 8.62. The van der Waals surface area contributed by atoms with Crippen LogP contribution in [-0.4, -0.2) is 33.3 Å². The van der Waals surface area contributed by atoms with Crippen molar-refractivity contribution in [3.05, 3.63) is 59.4 Å². The van der Waals surface area contributed by atoms with Crippen molar-refractivity contribution in [2.75, 3.05) is 12.3 Å². The van der Waals surface area contributed by atoms with Crippen molar-refractivity contribution in [2.45, 2.75) is 66.8 Å². The summed E-state index contributed by atoms with van der Waals surface area (Å²) in [7, 11) is -3.83. The van der Waals surface area contributed by atoms with Gasteiger partial charge in [-0.05, 0) is 56.5 Å². The van der Waals surface area contributed by atoms with Crippen LogP contribution < -0.4 is 15.3 Å². The van der Waals surface area contributed by atoms with Crippen molar-refractivity contribution in [1.82, 2.24) is 19.6 Å². The minimum atomic E-state index is -3.83. The van der Waals surface area contributed by atoms with Crippen LogP contribution in [0.15, 0.2) is 48.5 Å². The third kappa shape index (κ3) is 6.91. The summed E-state index contributed by atoms with van der Waals surface area (Å²) in [6.07, 6.45) is -0.547. The normalized spacial score (nSPS) is 15.4. The van der Waals surface area contributed by atoms with Crippen LogP contribution in [0.25, 0.3) is 21.9 Å². The van der Waals surface area contributed by atoms with E-state index in [1.54, 1.807) is 24.3 Å². The Bertz CT molecular complexity index is 1490. The van der Waals surface area contributed by atoms with E-state index in [1.165, 1.54) is 0 Å². The maximum Gasteiger partial charge on any atom is 0.459 e. The minimum absolute atomic E-state index is 0.180. The van der Waals surface area contributed by atoms with E-state index in [1.807, 2.05) is 49.6 Å². The predicted molar refractivity (Wildman–Crippen MR) is 157 cm³/mol. The zero-order valence-corrected chi connectivity index (χ0v) is 24.9. The molecule has 2 aromatic heterocycles. The van der Waals surface area contributed by atoms with Gasteiger partial charge in [-0.25, -0.2) is 19.6 Å². The van der Waals surface area contributed by atoms with Gasteiger partial charge in [0.25, 0.3) is 0 Å². The second kappa shape index (κ2) is 11.8. The molecule has 11 heteroatoms. The van der Waals surface area contributed by atoms with Gasteiger partial charge in [-0.1, -0.05) is 50.6 Å². The fourth-order valence-electron chi connectivity index (χ4n) is 4.08. The average molecular weight is 574 g/mol. The van der Waals surface area contributed by atoms with E-state index in [9.17, 15) is 4.57 Å². The first kappa shape index (κ1) is 29.3. The van der Waals surface area contributed by atoms with Crippen LogP contribution in [0.2, 0.25) is 5.02 Å². The van der Waals surface area contributed by atoms with Crippen molar-refractivity contribution in [3.63, 3.8) is 0 Å². The molecule has 0 aliphatic rings. The molecule has 1 unspecified atom stereocenters. The largest absolute Gasteiger partial charge is 0.459 e. The molecular formula is C28H37ClN5O4P. The quantitative estimate of drug-likeness (QED) is 0.185. The number of ether oxygens (including phenoxy) is 1. The third-order valence-electron chi connectivity index (χ3n) is 6.57. The van der Waals surface area contributed by atoms with Gasteiger partial charge in [-0.15, -0.1) is 0 Å². The Morgan fingerprint density at radius 1 is 1.10 bits per heavy atom. The van der Waals surface area contributed by atoms with Gasteiger partial charge in [0.05, 0.1) is 23.7 Å². The molecule has 0 saturated heterocycles. The lowest BCUT2D eigenvalue weighted by Gasteiger charge is -2.32. The second-order valence-electron chi connectivity index (χ2n) is 10.7. The Balaban J connectivity index is 1.71. The van der Waals surface area contributed by atoms with E-state index in [2.05, 4.69) is 30.8 Å². The number of para-hydroxylation sites is 1. The molecule has 4 rings (SSSR count). The Kier molecular flexibility index (Phi) is 8.88. The van der Waals surface area contributed by atoms with Crippen molar-refractivity contribution in [2.24, 2.45) is 5.41 Å². The maximum absolute atomic E-state index is 14.2. The van der Waals surface area contributed by atoms with Gasteiger partial charge in [0.2, 0.25) is 0 Å². The van der Waals surface area contributed by atoms with Gasteiger partial charge in [0.1, 0.15) is 23.7 Å². The summed E-state index contributed by atoms with van der Waals surface area (Å²) in [5.74, 6) is 1.40. The summed E-state index contributed by atoms with van der Waals surface area (Å²) in [5, 5.41) is 4.59. The minimum Gasteiger partial charge on any atom is -0.413 e. The first-order valence-corrected chi connectivity index (χ1v) is 14.9. The monoisotopic (exact) mass is 573 g/mol. The molecule has 9 nitrogen and oxygen atoms in total. The van der Waals surface area contributed by atoms with Gasteiger partial charge in [-0.2, -0.15) is 0 Å². The number of hydrogen-bond acceptors (Lipinski definition) is 7. The lowest BCUT2D eigenvalue weighted by atomic mass is 9.89. The predicted octanol–water partition coefficient (Wildman–Crippen LogP) is 6.97. The average Bonchev–Trinajstić information content (AvgIpc) is 3.22. The summed E-state index contributed by atoms with van der Waals surface area (Å²) in [6.45, 7) is 13.0. The molecule has 3 N–H and O–H groups in total. The number of anilines is 1.